The zero-order chi connectivity index (χ0) is 6.86. The molecule has 1 fully saturated rings. The first-order chi connectivity index (χ1) is 4.91. The Bertz CT molecular complexity index is 145. The molecule has 56 valence electrons. The highest BCUT2D eigenvalue weighted by Crippen LogP contribution is 2.30. The number of rotatable bonds is 0. The summed E-state index contributed by atoms with van der Waals surface area (Å²) < 4.78 is 10.9. The topological polar surface area (TPSA) is 18.5 Å². The maximum Gasteiger partial charge on any atom is 0.187 e. The van der Waals surface area contributed by atoms with E-state index in [1.807, 2.05) is 0 Å². The first-order valence-corrected chi connectivity index (χ1v) is 3.87. The van der Waals surface area contributed by atoms with E-state index in [0.717, 1.165) is 19.6 Å². The van der Waals surface area contributed by atoms with E-state index in [1.165, 1.54) is 12.8 Å². The molecule has 1 aliphatic heterocycles. The molecule has 0 atom stereocenters. The van der Waals surface area contributed by atoms with Crippen LogP contribution in [0, 0.1) is 0 Å². The van der Waals surface area contributed by atoms with Gasteiger partial charge < -0.3 is 9.47 Å². The van der Waals surface area contributed by atoms with Gasteiger partial charge in [0.25, 0.3) is 0 Å². The third kappa shape index (κ3) is 0.976. The molecule has 1 heterocycles. The van der Waals surface area contributed by atoms with E-state index >= 15 is 0 Å². The van der Waals surface area contributed by atoms with Crippen molar-refractivity contribution in [2.45, 2.75) is 25.0 Å². The number of hydrogen-bond donors (Lipinski definition) is 0. The predicted octanol–water partition coefficient (Wildman–Crippen LogP) is 1.47. The standard InChI is InChI=1S/C8H12O2/c1-2-4-8(5-3-1)9-6-7-10-8/h2,4H,1,3,5-7H2. The fourth-order valence-corrected chi connectivity index (χ4v) is 1.52. The van der Waals surface area contributed by atoms with E-state index in [1.54, 1.807) is 0 Å². The van der Waals surface area contributed by atoms with Gasteiger partial charge in [-0.2, -0.15) is 0 Å². The minimum absolute atomic E-state index is 0.307. The molecule has 0 bridgehead atoms. The molecule has 0 aromatic carbocycles. The Morgan fingerprint density at radius 2 is 2.00 bits per heavy atom. The molecule has 2 aliphatic rings. The van der Waals surface area contributed by atoms with Crippen LogP contribution < -0.4 is 0 Å². The van der Waals surface area contributed by atoms with Gasteiger partial charge in [-0.1, -0.05) is 6.08 Å². The van der Waals surface area contributed by atoms with Crippen molar-refractivity contribution < 1.29 is 9.47 Å². The molecule has 1 spiro atoms. The Morgan fingerprint density at radius 1 is 1.20 bits per heavy atom. The molecule has 0 radical (unpaired) electrons. The Balaban J connectivity index is 2.11. The maximum atomic E-state index is 5.47. The fraction of sp³-hybridized carbons (Fsp3) is 0.750. The quantitative estimate of drug-likeness (QED) is 0.474. The molecule has 2 rings (SSSR count). The minimum atomic E-state index is -0.307. The number of allylic oxidation sites excluding steroid dienone is 1. The van der Waals surface area contributed by atoms with Crippen LogP contribution in [0.4, 0.5) is 0 Å². The summed E-state index contributed by atoms with van der Waals surface area (Å²) in [7, 11) is 0. The van der Waals surface area contributed by atoms with Crippen LogP contribution >= 0.6 is 0 Å². The Labute approximate surface area is 60.8 Å². The maximum absolute atomic E-state index is 5.47. The summed E-state index contributed by atoms with van der Waals surface area (Å²) in [5.74, 6) is -0.307. The monoisotopic (exact) mass is 140 g/mol. The molecule has 0 saturated carbocycles. The Hall–Kier alpha value is -0.340. The second kappa shape index (κ2) is 2.36. The molecule has 10 heavy (non-hydrogen) atoms. The Morgan fingerprint density at radius 3 is 2.60 bits per heavy atom. The van der Waals surface area contributed by atoms with Crippen LogP contribution in [0.5, 0.6) is 0 Å². The third-order valence-corrected chi connectivity index (χ3v) is 2.04. The largest absolute Gasteiger partial charge is 0.344 e. The number of ether oxygens (including phenoxy) is 2. The molecule has 0 aromatic heterocycles. The predicted molar refractivity (Wildman–Crippen MR) is 37.6 cm³/mol. The van der Waals surface area contributed by atoms with Gasteiger partial charge in [0.05, 0.1) is 13.2 Å². The lowest BCUT2D eigenvalue weighted by Gasteiger charge is -2.25. The van der Waals surface area contributed by atoms with Crippen molar-refractivity contribution in [3.63, 3.8) is 0 Å². The van der Waals surface area contributed by atoms with Crippen molar-refractivity contribution in [3.05, 3.63) is 12.2 Å². The van der Waals surface area contributed by atoms with Crippen molar-refractivity contribution in [3.8, 4) is 0 Å². The first-order valence-electron chi connectivity index (χ1n) is 3.87. The molecular weight excluding hydrogens is 128 g/mol. The second-order valence-electron chi connectivity index (χ2n) is 2.80. The average Bonchev–Trinajstić information content (AvgIpc) is 2.39. The molecule has 0 N–H and O–H groups in total. The number of hydrogen-bond acceptors (Lipinski definition) is 2. The van der Waals surface area contributed by atoms with Gasteiger partial charge in [0, 0.05) is 6.42 Å². The van der Waals surface area contributed by atoms with Crippen molar-refractivity contribution in [1.82, 2.24) is 0 Å². The minimum Gasteiger partial charge on any atom is -0.344 e. The van der Waals surface area contributed by atoms with Gasteiger partial charge in [-0.05, 0) is 18.9 Å². The summed E-state index contributed by atoms with van der Waals surface area (Å²) in [5.41, 5.74) is 0. The highest BCUT2D eigenvalue weighted by atomic mass is 16.7. The van der Waals surface area contributed by atoms with Crippen LogP contribution in [0.25, 0.3) is 0 Å². The van der Waals surface area contributed by atoms with Crippen molar-refractivity contribution in [2.24, 2.45) is 0 Å². The van der Waals surface area contributed by atoms with Crippen molar-refractivity contribution in [1.29, 1.82) is 0 Å². The summed E-state index contributed by atoms with van der Waals surface area (Å²) in [6.45, 7) is 1.51. The molecule has 2 nitrogen and oxygen atoms in total. The van der Waals surface area contributed by atoms with Crippen molar-refractivity contribution >= 4 is 0 Å². The first kappa shape index (κ1) is 6.38. The van der Waals surface area contributed by atoms with Crippen molar-refractivity contribution in [2.75, 3.05) is 13.2 Å². The average molecular weight is 140 g/mol. The van der Waals surface area contributed by atoms with Crippen LogP contribution in [0.3, 0.4) is 0 Å². The molecule has 0 unspecified atom stereocenters. The van der Waals surface area contributed by atoms with Gasteiger partial charge in [-0.15, -0.1) is 0 Å². The molecule has 1 aliphatic carbocycles. The van der Waals surface area contributed by atoms with Gasteiger partial charge in [0.1, 0.15) is 0 Å². The molecular formula is C8H12O2. The molecule has 1 saturated heterocycles. The van der Waals surface area contributed by atoms with E-state index in [4.69, 9.17) is 9.47 Å². The second-order valence-corrected chi connectivity index (χ2v) is 2.80. The van der Waals surface area contributed by atoms with E-state index in [0.29, 0.717) is 0 Å². The highest BCUT2D eigenvalue weighted by molar-refractivity contribution is 5.01. The van der Waals surface area contributed by atoms with Gasteiger partial charge >= 0.3 is 0 Å². The highest BCUT2D eigenvalue weighted by Gasteiger charge is 2.34. The lowest BCUT2D eigenvalue weighted by Crippen LogP contribution is -2.28. The third-order valence-electron chi connectivity index (χ3n) is 2.04. The van der Waals surface area contributed by atoms with Gasteiger partial charge in [0.2, 0.25) is 0 Å². The van der Waals surface area contributed by atoms with Crippen LogP contribution in [-0.2, 0) is 9.47 Å². The lowest BCUT2D eigenvalue weighted by molar-refractivity contribution is -0.124. The van der Waals surface area contributed by atoms with Gasteiger partial charge in [-0.3, -0.25) is 0 Å². The molecule has 0 aromatic rings. The van der Waals surface area contributed by atoms with E-state index in [9.17, 15) is 0 Å². The summed E-state index contributed by atoms with van der Waals surface area (Å²) in [6.07, 6.45) is 7.60. The molecule has 0 amide bonds. The van der Waals surface area contributed by atoms with Crippen LogP contribution in [-0.4, -0.2) is 19.0 Å². The summed E-state index contributed by atoms with van der Waals surface area (Å²) in [5, 5.41) is 0. The van der Waals surface area contributed by atoms with Crippen LogP contribution in [0.2, 0.25) is 0 Å². The van der Waals surface area contributed by atoms with Crippen LogP contribution in [0.1, 0.15) is 19.3 Å². The molecule has 2 heteroatoms. The van der Waals surface area contributed by atoms with E-state index in [-0.39, 0.29) is 5.79 Å². The van der Waals surface area contributed by atoms with Gasteiger partial charge in [-0.25, -0.2) is 0 Å². The Kier molecular flexibility index (Phi) is 1.51. The smallest absolute Gasteiger partial charge is 0.187 e. The zero-order valence-electron chi connectivity index (χ0n) is 6.01. The van der Waals surface area contributed by atoms with Gasteiger partial charge in [0.15, 0.2) is 5.79 Å². The fourth-order valence-electron chi connectivity index (χ4n) is 1.52. The summed E-state index contributed by atoms with van der Waals surface area (Å²) >= 11 is 0. The van der Waals surface area contributed by atoms with Crippen LogP contribution in [0.15, 0.2) is 12.2 Å². The van der Waals surface area contributed by atoms with E-state index in [2.05, 4.69) is 12.2 Å². The normalized spacial score (nSPS) is 29.6. The lowest BCUT2D eigenvalue weighted by atomic mass is 10.0. The summed E-state index contributed by atoms with van der Waals surface area (Å²) in [4.78, 5) is 0. The summed E-state index contributed by atoms with van der Waals surface area (Å²) in [6, 6.07) is 0. The van der Waals surface area contributed by atoms with E-state index < -0.39 is 0 Å². The zero-order valence-corrected chi connectivity index (χ0v) is 6.01. The SMILES string of the molecule is C1=CC2(CCC1)OCCO2.